The third-order valence-corrected chi connectivity index (χ3v) is 4.62. The Labute approximate surface area is 137 Å². The number of carbonyl (C=O) groups is 1. The summed E-state index contributed by atoms with van der Waals surface area (Å²) in [6.45, 7) is 0.0421. The zero-order valence-electron chi connectivity index (χ0n) is 11.7. The Morgan fingerprint density at radius 1 is 0.957 bits per heavy atom. The average Bonchev–Trinajstić information content (AvgIpc) is 2.96. The molecule has 4 rings (SSSR count). The molecule has 2 aliphatic heterocycles. The standard InChI is InChI=1S/C14H15NO7.ClH/c16-10-8-4-1-6-7(22-3-21-6)2-5(4)14(20)15-9(8)11(17)13(19)12(10)18;/h1-2,8-13,16-19H,3H2,(H,15,20);1H/t8-,9+,10-,11-,12-,13-;/m0./s1. The molecule has 0 saturated heterocycles. The lowest BCUT2D eigenvalue weighted by Crippen LogP contribution is -2.66. The average molecular weight is 346 g/mol. The van der Waals surface area contributed by atoms with Crippen LogP contribution in [0.25, 0.3) is 0 Å². The maximum atomic E-state index is 12.2. The van der Waals surface area contributed by atoms with Crippen LogP contribution in [0.2, 0.25) is 0 Å². The molecular weight excluding hydrogens is 330 g/mol. The van der Waals surface area contributed by atoms with Gasteiger partial charge in [-0.3, -0.25) is 4.79 Å². The van der Waals surface area contributed by atoms with Gasteiger partial charge < -0.3 is 35.2 Å². The van der Waals surface area contributed by atoms with E-state index in [1.54, 1.807) is 6.07 Å². The maximum absolute atomic E-state index is 12.2. The van der Waals surface area contributed by atoms with Crippen molar-refractivity contribution in [2.24, 2.45) is 0 Å². The molecule has 126 valence electrons. The molecule has 1 amide bonds. The number of carbonyl (C=O) groups excluding carboxylic acids is 1. The van der Waals surface area contributed by atoms with E-state index in [1.807, 2.05) is 0 Å². The molecule has 8 nitrogen and oxygen atoms in total. The summed E-state index contributed by atoms with van der Waals surface area (Å²) in [7, 11) is 0. The van der Waals surface area contributed by atoms with Crippen molar-refractivity contribution in [3.8, 4) is 11.5 Å². The molecule has 1 aromatic rings. The van der Waals surface area contributed by atoms with E-state index >= 15 is 0 Å². The number of benzene rings is 1. The second-order valence-corrected chi connectivity index (χ2v) is 5.78. The number of aliphatic hydroxyl groups is 4. The summed E-state index contributed by atoms with van der Waals surface area (Å²) in [5, 5.41) is 42.7. The molecular formula is C14H16ClNO7. The monoisotopic (exact) mass is 345 g/mol. The third-order valence-electron chi connectivity index (χ3n) is 4.62. The third kappa shape index (κ3) is 2.18. The van der Waals surface area contributed by atoms with Crippen LogP contribution in [0.4, 0.5) is 0 Å². The SMILES string of the molecule is Cl.O=C1N[C@H]2[C@H](O)[C@H](O)[C@@H](O)[C@@H](O)[C@H]2c2cc3c(cc21)OCO3. The molecule has 0 aromatic heterocycles. The Kier molecular flexibility index (Phi) is 3.89. The van der Waals surface area contributed by atoms with E-state index in [9.17, 15) is 25.2 Å². The summed E-state index contributed by atoms with van der Waals surface area (Å²) in [5.74, 6) is -0.326. The lowest BCUT2D eigenvalue weighted by molar-refractivity contribution is -0.155. The van der Waals surface area contributed by atoms with E-state index in [0.717, 1.165) is 0 Å². The highest BCUT2D eigenvalue weighted by Crippen LogP contribution is 2.44. The number of hydrogen-bond donors (Lipinski definition) is 5. The van der Waals surface area contributed by atoms with E-state index < -0.39 is 42.3 Å². The first-order valence-corrected chi connectivity index (χ1v) is 6.95. The zero-order valence-corrected chi connectivity index (χ0v) is 12.6. The first-order valence-electron chi connectivity index (χ1n) is 6.95. The summed E-state index contributed by atoms with van der Waals surface area (Å²) in [5.41, 5.74) is 0.746. The van der Waals surface area contributed by atoms with Crippen molar-refractivity contribution in [1.29, 1.82) is 0 Å². The van der Waals surface area contributed by atoms with E-state index in [4.69, 9.17) is 9.47 Å². The Bertz CT molecular complexity index is 654. The number of rotatable bonds is 0. The smallest absolute Gasteiger partial charge is 0.252 e. The van der Waals surface area contributed by atoms with Crippen LogP contribution in [-0.2, 0) is 0 Å². The molecule has 1 saturated carbocycles. The van der Waals surface area contributed by atoms with Crippen LogP contribution in [0.5, 0.6) is 11.5 Å². The molecule has 0 radical (unpaired) electrons. The predicted octanol–water partition coefficient (Wildman–Crippen LogP) is -1.51. The van der Waals surface area contributed by atoms with Gasteiger partial charge in [0, 0.05) is 11.5 Å². The van der Waals surface area contributed by atoms with Crippen molar-refractivity contribution in [1.82, 2.24) is 5.32 Å². The normalized spacial score (nSPS) is 37.3. The number of hydrogen-bond acceptors (Lipinski definition) is 7. The minimum absolute atomic E-state index is 0. The van der Waals surface area contributed by atoms with E-state index in [1.165, 1.54) is 6.07 Å². The first kappa shape index (κ1) is 16.3. The highest BCUT2D eigenvalue weighted by molar-refractivity contribution is 5.98. The van der Waals surface area contributed by atoms with Gasteiger partial charge in [-0.25, -0.2) is 0 Å². The second kappa shape index (κ2) is 5.50. The van der Waals surface area contributed by atoms with Gasteiger partial charge >= 0.3 is 0 Å². The van der Waals surface area contributed by atoms with Gasteiger partial charge in [-0.15, -0.1) is 12.4 Å². The molecule has 1 aromatic carbocycles. The molecule has 23 heavy (non-hydrogen) atoms. The molecule has 5 N–H and O–H groups in total. The summed E-state index contributed by atoms with van der Waals surface area (Å²) in [4.78, 5) is 12.2. The highest BCUT2D eigenvalue weighted by atomic mass is 35.5. The van der Waals surface area contributed by atoms with Crippen LogP contribution in [0.1, 0.15) is 21.8 Å². The molecule has 1 aliphatic carbocycles. The molecule has 1 fully saturated rings. The fourth-order valence-electron chi connectivity index (χ4n) is 3.47. The number of nitrogens with one attached hydrogen (secondary N) is 1. The zero-order chi connectivity index (χ0) is 15.6. The Morgan fingerprint density at radius 3 is 2.26 bits per heavy atom. The number of amides is 1. The van der Waals surface area contributed by atoms with E-state index in [2.05, 4.69) is 5.32 Å². The summed E-state index contributed by atoms with van der Waals surface area (Å²) < 4.78 is 10.5. The Hall–Kier alpha value is -1.58. The van der Waals surface area contributed by atoms with Gasteiger partial charge in [0.2, 0.25) is 6.79 Å². The van der Waals surface area contributed by atoms with Crippen LogP contribution in [0, 0.1) is 0 Å². The van der Waals surface area contributed by atoms with Crippen molar-refractivity contribution < 1.29 is 34.7 Å². The van der Waals surface area contributed by atoms with Gasteiger partial charge in [0.05, 0.1) is 12.1 Å². The van der Waals surface area contributed by atoms with Crippen LogP contribution < -0.4 is 14.8 Å². The molecule has 2 heterocycles. The fourth-order valence-corrected chi connectivity index (χ4v) is 3.47. The molecule has 0 unspecified atom stereocenters. The topological polar surface area (TPSA) is 128 Å². The summed E-state index contributed by atoms with van der Waals surface area (Å²) in [6.07, 6.45) is -5.76. The van der Waals surface area contributed by atoms with Crippen LogP contribution in [-0.4, -0.2) is 63.6 Å². The molecule has 9 heteroatoms. The van der Waals surface area contributed by atoms with Crippen molar-refractivity contribution in [3.63, 3.8) is 0 Å². The van der Waals surface area contributed by atoms with Crippen molar-refractivity contribution in [2.45, 2.75) is 36.4 Å². The Balaban J connectivity index is 0.00000156. The van der Waals surface area contributed by atoms with Crippen molar-refractivity contribution >= 4 is 18.3 Å². The summed E-state index contributed by atoms with van der Waals surface area (Å²) >= 11 is 0. The minimum atomic E-state index is -1.54. The van der Waals surface area contributed by atoms with Gasteiger partial charge in [-0.1, -0.05) is 0 Å². The lowest BCUT2D eigenvalue weighted by Gasteiger charge is -2.47. The number of aliphatic hydroxyl groups excluding tert-OH is 4. The van der Waals surface area contributed by atoms with Crippen molar-refractivity contribution in [2.75, 3.05) is 6.79 Å². The van der Waals surface area contributed by atoms with Crippen molar-refractivity contribution in [3.05, 3.63) is 23.3 Å². The number of halogens is 1. The van der Waals surface area contributed by atoms with Gasteiger partial charge in [0.1, 0.15) is 18.3 Å². The van der Waals surface area contributed by atoms with Crippen LogP contribution in [0.15, 0.2) is 12.1 Å². The van der Waals surface area contributed by atoms with Gasteiger partial charge in [0.15, 0.2) is 11.5 Å². The molecule has 0 bridgehead atoms. The van der Waals surface area contributed by atoms with E-state index in [-0.39, 0.29) is 19.2 Å². The molecule has 6 atom stereocenters. The Morgan fingerprint density at radius 2 is 1.57 bits per heavy atom. The quantitative estimate of drug-likeness (QED) is 0.386. The van der Waals surface area contributed by atoms with Gasteiger partial charge in [-0.05, 0) is 17.7 Å². The highest BCUT2D eigenvalue weighted by Gasteiger charge is 2.52. The van der Waals surface area contributed by atoms with Gasteiger partial charge in [0.25, 0.3) is 5.91 Å². The van der Waals surface area contributed by atoms with Crippen LogP contribution in [0.3, 0.4) is 0 Å². The fraction of sp³-hybridized carbons (Fsp3) is 0.500. The molecule has 3 aliphatic rings. The van der Waals surface area contributed by atoms with Crippen LogP contribution >= 0.6 is 12.4 Å². The second-order valence-electron chi connectivity index (χ2n) is 5.78. The van der Waals surface area contributed by atoms with Gasteiger partial charge in [-0.2, -0.15) is 0 Å². The maximum Gasteiger partial charge on any atom is 0.252 e. The largest absolute Gasteiger partial charge is 0.454 e. The number of fused-ring (bicyclic) bond motifs is 4. The molecule has 0 spiro atoms. The first-order chi connectivity index (χ1) is 10.5. The minimum Gasteiger partial charge on any atom is -0.454 e. The lowest BCUT2D eigenvalue weighted by atomic mass is 9.70. The summed E-state index contributed by atoms with van der Waals surface area (Å²) in [6, 6.07) is 2.20. The predicted molar refractivity (Wildman–Crippen MR) is 77.8 cm³/mol. The van der Waals surface area contributed by atoms with E-state index in [0.29, 0.717) is 22.6 Å². The number of ether oxygens (including phenoxy) is 2.